The van der Waals surface area contributed by atoms with Gasteiger partial charge in [0.15, 0.2) is 0 Å². The SMILES string of the molecule is CC(C)(C)n1cc(CNc2ccc([N+](=O)[O-])cc2Br)nn1. The molecule has 1 N–H and O–H groups in total. The summed E-state index contributed by atoms with van der Waals surface area (Å²) < 4.78 is 2.44. The summed E-state index contributed by atoms with van der Waals surface area (Å²) in [5.74, 6) is 0. The van der Waals surface area contributed by atoms with E-state index in [9.17, 15) is 10.1 Å². The quantitative estimate of drug-likeness (QED) is 0.672. The van der Waals surface area contributed by atoms with Crippen molar-refractivity contribution in [1.29, 1.82) is 0 Å². The van der Waals surface area contributed by atoms with E-state index in [-0.39, 0.29) is 11.2 Å². The van der Waals surface area contributed by atoms with E-state index in [0.717, 1.165) is 11.4 Å². The summed E-state index contributed by atoms with van der Waals surface area (Å²) >= 11 is 3.32. The van der Waals surface area contributed by atoms with Crippen LogP contribution in [0.4, 0.5) is 11.4 Å². The van der Waals surface area contributed by atoms with Gasteiger partial charge < -0.3 is 5.32 Å². The number of anilines is 1. The number of non-ortho nitro benzene ring substituents is 1. The molecule has 1 heterocycles. The van der Waals surface area contributed by atoms with E-state index < -0.39 is 4.92 Å². The van der Waals surface area contributed by atoms with E-state index in [2.05, 4.69) is 31.6 Å². The number of aromatic nitrogens is 3. The van der Waals surface area contributed by atoms with Crippen LogP contribution in [0.3, 0.4) is 0 Å². The van der Waals surface area contributed by atoms with Crippen molar-refractivity contribution in [3.63, 3.8) is 0 Å². The fourth-order valence-corrected chi connectivity index (χ4v) is 2.16. The average Bonchev–Trinajstić information content (AvgIpc) is 2.85. The molecule has 0 saturated heterocycles. The van der Waals surface area contributed by atoms with Crippen molar-refractivity contribution < 1.29 is 4.92 Å². The molecule has 0 unspecified atom stereocenters. The van der Waals surface area contributed by atoms with Gasteiger partial charge in [0.25, 0.3) is 5.69 Å². The third-order valence-electron chi connectivity index (χ3n) is 2.85. The first-order valence-corrected chi connectivity index (χ1v) is 7.16. The number of hydrogen-bond donors (Lipinski definition) is 1. The van der Waals surface area contributed by atoms with Crippen LogP contribution >= 0.6 is 15.9 Å². The Morgan fingerprint density at radius 2 is 2.14 bits per heavy atom. The van der Waals surface area contributed by atoms with Crippen molar-refractivity contribution in [1.82, 2.24) is 15.0 Å². The van der Waals surface area contributed by atoms with Crippen LogP contribution in [0.5, 0.6) is 0 Å². The Hall–Kier alpha value is -1.96. The molecule has 0 spiro atoms. The summed E-state index contributed by atoms with van der Waals surface area (Å²) in [5.41, 5.74) is 1.51. The third-order valence-corrected chi connectivity index (χ3v) is 3.51. The molecule has 2 aromatic rings. The fraction of sp³-hybridized carbons (Fsp3) is 0.385. The van der Waals surface area contributed by atoms with Crippen molar-refractivity contribution in [2.45, 2.75) is 32.9 Å². The van der Waals surface area contributed by atoms with Crippen molar-refractivity contribution in [2.75, 3.05) is 5.32 Å². The van der Waals surface area contributed by atoms with Gasteiger partial charge in [0, 0.05) is 22.3 Å². The number of hydrogen-bond acceptors (Lipinski definition) is 5. The molecular formula is C13H16BrN5O2. The number of nitrogens with zero attached hydrogens (tertiary/aromatic N) is 4. The van der Waals surface area contributed by atoms with Crippen molar-refractivity contribution in [3.05, 3.63) is 44.7 Å². The first-order valence-electron chi connectivity index (χ1n) is 6.37. The van der Waals surface area contributed by atoms with E-state index in [1.165, 1.54) is 12.1 Å². The predicted molar refractivity (Wildman–Crippen MR) is 83.1 cm³/mol. The Balaban J connectivity index is 2.06. The van der Waals surface area contributed by atoms with Crippen LogP contribution in [0.2, 0.25) is 0 Å². The van der Waals surface area contributed by atoms with Gasteiger partial charge in [-0.1, -0.05) is 5.21 Å². The van der Waals surface area contributed by atoms with Crippen molar-refractivity contribution >= 4 is 27.3 Å². The molecule has 0 atom stereocenters. The van der Waals surface area contributed by atoms with E-state index in [4.69, 9.17) is 0 Å². The van der Waals surface area contributed by atoms with Crippen LogP contribution < -0.4 is 5.32 Å². The van der Waals surface area contributed by atoms with Crippen molar-refractivity contribution in [3.8, 4) is 0 Å². The molecule has 0 radical (unpaired) electrons. The van der Waals surface area contributed by atoms with Crippen LogP contribution in [0.15, 0.2) is 28.9 Å². The molecule has 21 heavy (non-hydrogen) atoms. The zero-order valence-corrected chi connectivity index (χ0v) is 13.6. The normalized spacial score (nSPS) is 11.4. The lowest BCUT2D eigenvalue weighted by molar-refractivity contribution is -0.384. The first kappa shape index (κ1) is 15.4. The summed E-state index contributed by atoms with van der Waals surface area (Å²) in [6.45, 7) is 6.63. The Morgan fingerprint density at radius 3 is 2.67 bits per heavy atom. The molecule has 0 amide bonds. The van der Waals surface area contributed by atoms with Crippen molar-refractivity contribution in [2.24, 2.45) is 0 Å². The molecule has 0 bridgehead atoms. The van der Waals surface area contributed by atoms with Gasteiger partial charge in [0.1, 0.15) is 5.69 Å². The lowest BCUT2D eigenvalue weighted by Gasteiger charge is -2.17. The highest BCUT2D eigenvalue weighted by Gasteiger charge is 2.15. The number of halogens is 1. The largest absolute Gasteiger partial charge is 0.378 e. The second-order valence-corrected chi connectivity index (χ2v) is 6.45. The maximum absolute atomic E-state index is 10.7. The van der Waals surface area contributed by atoms with E-state index in [1.807, 2.05) is 27.0 Å². The molecule has 0 fully saturated rings. The van der Waals surface area contributed by atoms with Gasteiger partial charge in [-0.05, 0) is 42.8 Å². The Labute approximate surface area is 130 Å². The average molecular weight is 354 g/mol. The smallest absolute Gasteiger partial charge is 0.270 e. The lowest BCUT2D eigenvalue weighted by Crippen LogP contribution is -2.22. The minimum Gasteiger partial charge on any atom is -0.378 e. The zero-order chi connectivity index (χ0) is 15.6. The highest BCUT2D eigenvalue weighted by atomic mass is 79.9. The number of nitrogens with one attached hydrogen (secondary N) is 1. The zero-order valence-electron chi connectivity index (χ0n) is 12.0. The van der Waals surface area contributed by atoms with Gasteiger partial charge in [-0.25, -0.2) is 4.68 Å². The molecule has 8 heteroatoms. The second kappa shape index (κ2) is 5.80. The van der Waals surface area contributed by atoms with Crippen LogP contribution in [0.1, 0.15) is 26.5 Å². The van der Waals surface area contributed by atoms with Crippen LogP contribution in [-0.2, 0) is 12.1 Å². The van der Waals surface area contributed by atoms with Gasteiger partial charge in [-0.2, -0.15) is 0 Å². The molecule has 0 aliphatic heterocycles. The van der Waals surface area contributed by atoms with Gasteiger partial charge in [-0.3, -0.25) is 10.1 Å². The molecule has 1 aromatic carbocycles. The molecule has 0 aliphatic carbocycles. The highest BCUT2D eigenvalue weighted by molar-refractivity contribution is 9.10. The van der Waals surface area contributed by atoms with Crippen LogP contribution in [-0.4, -0.2) is 19.9 Å². The molecule has 1 aromatic heterocycles. The Kier molecular flexibility index (Phi) is 4.26. The van der Waals surface area contributed by atoms with Crippen LogP contribution in [0, 0.1) is 10.1 Å². The fourth-order valence-electron chi connectivity index (χ4n) is 1.65. The maximum Gasteiger partial charge on any atom is 0.270 e. The summed E-state index contributed by atoms with van der Waals surface area (Å²) in [4.78, 5) is 10.3. The van der Waals surface area contributed by atoms with E-state index >= 15 is 0 Å². The first-order chi connectivity index (χ1) is 9.77. The maximum atomic E-state index is 10.7. The summed E-state index contributed by atoms with van der Waals surface area (Å²) in [7, 11) is 0. The molecule has 7 nitrogen and oxygen atoms in total. The molecule has 2 rings (SSSR count). The van der Waals surface area contributed by atoms with Gasteiger partial charge in [0.2, 0.25) is 0 Å². The number of benzene rings is 1. The summed E-state index contributed by atoms with van der Waals surface area (Å²) in [6, 6.07) is 4.59. The minimum absolute atomic E-state index is 0.0473. The molecular weight excluding hydrogens is 338 g/mol. The summed E-state index contributed by atoms with van der Waals surface area (Å²) in [6.07, 6.45) is 1.88. The molecule has 0 saturated carbocycles. The lowest BCUT2D eigenvalue weighted by atomic mass is 10.1. The van der Waals surface area contributed by atoms with Gasteiger partial charge in [0.05, 0.1) is 23.2 Å². The third kappa shape index (κ3) is 3.78. The van der Waals surface area contributed by atoms with Crippen LogP contribution in [0.25, 0.3) is 0 Å². The number of rotatable bonds is 4. The Bertz CT molecular complexity index is 663. The highest BCUT2D eigenvalue weighted by Crippen LogP contribution is 2.27. The molecule has 0 aliphatic rings. The standard InChI is InChI=1S/C13H16BrN5O2/c1-13(2,3)18-8-9(16-17-18)7-15-12-5-4-10(19(20)21)6-11(12)14/h4-6,8,15H,7H2,1-3H3. The summed E-state index contributed by atoms with van der Waals surface area (Å²) in [5, 5.41) is 22.0. The van der Waals surface area contributed by atoms with E-state index in [1.54, 1.807) is 10.7 Å². The van der Waals surface area contributed by atoms with E-state index in [0.29, 0.717) is 11.0 Å². The topological polar surface area (TPSA) is 85.9 Å². The van der Waals surface area contributed by atoms with Gasteiger partial charge in [-0.15, -0.1) is 5.10 Å². The second-order valence-electron chi connectivity index (χ2n) is 5.60. The minimum atomic E-state index is -0.427. The monoisotopic (exact) mass is 353 g/mol. The number of nitro groups is 1. The Morgan fingerprint density at radius 1 is 1.43 bits per heavy atom. The van der Waals surface area contributed by atoms with Gasteiger partial charge >= 0.3 is 0 Å². The molecule has 112 valence electrons. The number of nitro benzene ring substituents is 1. The predicted octanol–water partition coefficient (Wildman–Crippen LogP) is 3.32.